The predicted octanol–water partition coefficient (Wildman–Crippen LogP) is 2.02. The van der Waals surface area contributed by atoms with Crippen LogP contribution in [0.5, 0.6) is 5.75 Å². The van der Waals surface area contributed by atoms with E-state index in [0.717, 1.165) is 0 Å². The lowest BCUT2D eigenvalue weighted by Crippen LogP contribution is -2.29. The van der Waals surface area contributed by atoms with Crippen LogP contribution in [0.4, 0.5) is 5.69 Å². The number of aromatic hydroxyl groups is 1. The molecule has 7 nitrogen and oxygen atoms in total. The zero-order chi connectivity index (χ0) is 16.4. The van der Waals surface area contributed by atoms with E-state index < -0.39 is 24.6 Å². The van der Waals surface area contributed by atoms with Gasteiger partial charge in [-0.15, -0.1) is 5.11 Å². The molecule has 0 aliphatic carbocycles. The van der Waals surface area contributed by atoms with Crippen LogP contribution in [-0.4, -0.2) is 28.8 Å². The molecule has 1 atom stereocenters. The lowest BCUT2D eigenvalue weighted by molar-refractivity contribution is -0.119. The molecule has 0 bridgehead atoms. The normalized spacial score (nSPS) is 16.8. The first kappa shape index (κ1) is 14.9. The van der Waals surface area contributed by atoms with E-state index in [1.54, 1.807) is 36.4 Å². The number of rotatable bonds is 3. The first-order valence-corrected chi connectivity index (χ1v) is 6.88. The lowest BCUT2D eigenvalue weighted by atomic mass is 10.1. The molecule has 7 heteroatoms. The van der Waals surface area contributed by atoms with E-state index in [9.17, 15) is 19.8 Å². The summed E-state index contributed by atoms with van der Waals surface area (Å²) in [5, 5.41) is 26.3. The van der Waals surface area contributed by atoms with Crippen molar-refractivity contribution >= 4 is 17.5 Å². The molecule has 1 aliphatic rings. The number of nitrogens with zero attached hydrogens (tertiary/aromatic N) is 3. The summed E-state index contributed by atoms with van der Waals surface area (Å²) in [6.45, 7) is -0.477. The number of amides is 2. The maximum absolute atomic E-state index is 12.3. The highest BCUT2D eigenvalue weighted by Crippen LogP contribution is 2.37. The fourth-order valence-electron chi connectivity index (χ4n) is 2.44. The van der Waals surface area contributed by atoms with Crippen LogP contribution in [0.1, 0.15) is 22.0 Å². The van der Waals surface area contributed by atoms with E-state index >= 15 is 0 Å². The average molecular weight is 311 g/mol. The first-order chi connectivity index (χ1) is 11.1. The molecule has 0 saturated heterocycles. The third kappa shape index (κ3) is 2.58. The first-order valence-electron chi connectivity index (χ1n) is 6.88. The van der Waals surface area contributed by atoms with Crippen LogP contribution in [0.25, 0.3) is 0 Å². The van der Waals surface area contributed by atoms with Crippen molar-refractivity contribution in [1.82, 2.24) is 0 Å². The van der Waals surface area contributed by atoms with Gasteiger partial charge in [-0.1, -0.05) is 30.3 Å². The molecule has 3 rings (SSSR count). The third-order valence-corrected chi connectivity index (χ3v) is 3.56. The van der Waals surface area contributed by atoms with E-state index in [0.29, 0.717) is 11.3 Å². The average Bonchev–Trinajstić information content (AvgIpc) is 2.84. The minimum atomic E-state index is -0.979. The van der Waals surface area contributed by atoms with Gasteiger partial charge in [0.05, 0.1) is 11.3 Å². The van der Waals surface area contributed by atoms with E-state index in [1.807, 2.05) is 0 Å². The van der Waals surface area contributed by atoms with Crippen molar-refractivity contribution in [2.45, 2.75) is 6.04 Å². The summed E-state index contributed by atoms with van der Waals surface area (Å²) in [5.41, 5.74) is 1.12. The highest BCUT2D eigenvalue weighted by Gasteiger charge is 2.37. The number of para-hydroxylation sites is 2. The van der Waals surface area contributed by atoms with Crippen LogP contribution in [0.15, 0.2) is 58.8 Å². The molecule has 0 spiro atoms. The van der Waals surface area contributed by atoms with Crippen molar-refractivity contribution in [2.75, 3.05) is 11.6 Å². The number of carbonyl (C=O) groups is 2. The fraction of sp³-hybridized carbons (Fsp3) is 0.125. The number of benzene rings is 2. The molecule has 2 amide bonds. The van der Waals surface area contributed by atoms with Gasteiger partial charge < -0.3 is 10.2 Å². The number of anilines is 1. The summed E-state index contributed by atoms with van der Waals surface area (Å²) in [6, 6.07) is 11.8. The molecule has 116 valence electrons. The van der Waals surface area contributed by atoms with Crippen LogP contribution < -0.4 is 4.90 Å². The van der Waals surface area contributed by atoms with Crippen LogP contribution in [0.2, 0.25) is 0 Å². The molecule has 0 fully saturated rings. The minimum absolute atomic E-state index is 0.00833. The Morgan fingerprint density at radius 3 is 2.57 bits per heavy atom. The van der Waals surface area contributed by atoms with Gasteiger partial charge in [-0.2, -0.15) is 5.11 Å². The smallest absolute Gasteiger partial charge is 0.298 e. The number of aliphatic hydroxyl groups excluding tert-OH is 1. The molecule has 2 N–H and O–H groups in total. The number of hydrogen-bond donors (Lipinski definition) is 2. The van der Waals surface area contributed by atoms with Crippen molar-refractivity contribution in [3.63, 3.8) is 0 Å². The molecule has 1 unspecified atom stereocenters. The summed E-state index contributed by atoms with van der Waals surface area (Å²) in [5.74, 6) is -1.40. The third-order valence-electron chi connectivity index (χ3n) is 3.56. The largest absolute Gasteiger partial charge is 0.507 e. The maximum Gasteiger partial charge on any atom is 0.298 e. The summed E-state index contributed by atoms with van der Waals surface area (Å²) < 4.78 is 0. The van der Waals surface area contributed by atoms with E-state index in [1.165, 1.54) is 17.0 Å². The van der Waals surface area contributed by atoms with Crippen molar-refractivity contribution in [2.24, 2.45) is 10.2 Å². The fourth-order valence-corrected chi connectivity index (χ4v) is 2.44. The van der Waals surface area contributed by atoms with Crippen LogP contribution in [0, 0.1) is 0 Å². The van der Waals surface area contributed by atoms with E-state index in [2.05, 4.69) is 10.2 Å². The molecule has 23 heavy (non-hydrogen) atoms. The molecule has 1 aliphatic heterocycles. The number of phenols is 1. The Hall–Kier alpha value is -3.06. The zero-order valence-electron chi connectivity index (χ0n) is 12.0. The number of phenolic OH excluding ortho intramolecular Hbond substituents is 1. The molecule has 2 aromatic carbocycles. The number of fused-ring (bicyclic) bond motifs is 1. The standard InChI is InChI=1S/C16H13N3O4/c20-9-19-12-7-3-1-5-10(12)14(16(19)23)17-18-15(22)11-6-2-4-8-13(11)21/h1-8,14,20-21H,9H2/b18-17+. The van der Waals surface area contributed by atoms with Gasteiger partial charge in [0.2, 0.25) is 0 Å². The van der Waals surface area contributed by atoms with Gasteiger partial charge in [-0.05, 0) is 18.2 Å². The molecular weight excluding hydrogens is 298 g/mol. The predicted molar refractivity (Wildman–Crippen MR) is 81.0 cm³/mol. The molecule has 1 heterocycles. The summed E-state index contributed by atoms with van der Waals surface area (Å²) >= 11 is 0. The number of azo groups is 1. The minimum Gasteiger partial charge on any atom is -0.507 e. The molecule has 0 radical (unpaired) electrons. The Labute approximate surface area is 131 Å². The van der Waals surface area contributed by atoms with Crippen LogP contribution >= 0.6 is 0 Å². The van der Waals surface area contributed by atoms with Gasteiger partial charge in [0.25, 0.3) is 11.8 Å². The second kappa shape index (κ2) is 5.98. The van der Waals surface area contributed by atoms with Crippen molar-refractivity contribution < 1.29 is 19.8 Å². The second-order valence-electron chi connectivity index (χ2n) is 4.91. The van der Waals surface area contributed by atoms with Crippen molar-refractivity contribution in [3.05, 3.63) is 59.7 Å². The highest BCUT2D eigenvalue weighted by atomic mass is 16.3. The summed E-state index contributed by atoms with van der Waals surface area (Å²) in [7, 11) is 0. The molecule has 0 saturated carbocycles. The SMILES string of the molecule is O=C(/N=N/C1C(=O)N(CO)c2ccccc21)c1ccccc1O. The van der Waals surface area contributed by atoms with Gasteiger partial charge in [-0.3, -0.25) is 14.5 Å². The van der Waals surface area contributed by atoms with Crippen molar-refractivity contribution in [1.29, 1.82) is 0 Å². The van der Waals surface area contributed by atoms with Gasteiger partial charge in [-0.25, -0.2) is 0 Å². The van der Waals surface area contributed by atoms with E-state index in [4.69, 9.17) is 0 Å². The number of hydrogen-bond acceptors (Lipinski definition) is 5. The summed E-state index contributed by atoms with van der Waals surface area (Å²) in [6.07, 6.45) is 0. The van der Waals surface area contributed by atoms with Crippen molar-refractivity contribution in [3.8, 4) is 5.75 Å². The Balaban J connectivity index is 1.90. The molecular formula is C16H13N3O4. The van der Waals surface area contributed by atoms with Gasteiger partial charge in [0.15, 0.2) is 6.04 Å². The monoisotopic (exact) mass is 311 g/mol. The van der Waals surface area contributed by atoms with Gasteiger partial charge >= 0.3 is 0 Å². The molecule has 2 aromatic rings. The molecule has 0 aromatic heterocycles. The zero-order valence-corrected chi connectivity index (χ0v) is 12.0. The Morgan fingerprint density at radius 1 is 1.13 bits per heavy atom. The van der Waals surface area contributed by atoms with Crippen LogP contribution in [0.3, 0.4) is 0 Å². The van der Waals surface area contributed by atoms with E-state index in [-0.39, 0.29) is 11.3 Å². The highest BCUT2D eigenvalue weighted by molar-refractivity contribution is 6.04. The number of carbonyl (C=O) groups excluding carboxylic acids is 2. The topological polar surface area (TPSA) is 103 Å². The maximum atomic E-state index is 12.3. The quantitative estimate of drug-likeness (QED) is 0.846. The van der Waals surface area contributed by atoms with Crippen LogP contribution in [-0.2, 0) is 4.79 Å². The lowest BCUT2D eigenvalue weighted by Gasteiger charge is -2.12. The number of aliphatic hydroxyl groups is 1. The van der Waals surface area contributed by atoms with Gasteiger partial charge in [0, 0.05) is 5.56 Å². The summed E-state index contributed by atoms with van der Waals surface area (Å²) in [4.78, 5) is 25.4. The Morgan fingerprint density at radius 2 is 1.83 bits per heavy atom. The van der Waals surface area contributed by atoms with Gasteiger partial charge in [0.1, 0.15) is 12.5 Å². The Bertz CT molecular complexity index is 803. The second-order valence-corrected chi connectivity index (χ2v) is 4.91. The Kier molecular flexibility index (Phi) is 3.86.